The number of nitrogens with zero attached hydrogens (tertiary/aromatic N) is 2. The van der Waals surface area contributed by atoms with Crippen LogP contribution in [0.4, 0.5) is 8.78 Å². The summed E-state index contributed by atoms with van der Waals surface area (Å²) in [5.41, 5.74) is 1.80. The van der Waals surface area contributed by atoms with Crippen LogP contribution in [0.5, 0.6) is 0 Å². The van der Waals surface area contributed by atoms with Gasteiger partial charge < -0.3 is 0 Å². The maximum atomic E-state index is 14.0. The van der Waals surface area contributed by atoms with Crippen LogP contribution in [0.3, 0.4) is 0 Å². The summed E-state index contributed by atoms with van der Waals surface area (Å²) in [5, 5.41) is 5.59. The lowest BCUT2D eigenvalue weighted by Crippen LogP contribution is -2.25. The normalized spacial score (nSPS) is 17.5. The van der Waals surface area contributed by atoms with Crippen LogP contribution in [-0.2, 0) is 4.79 Å². The minimum Gasteiger partial charge on any atom is -0.273 e. The molecule has 1 aliphatic heterocycles. The minimum absolute atomic E-state index is 0.259. The molecule has 0 saturated carbocycles. The Kier molecular flexibility index (Phi) is 3.71. The zero-order valence-corrected chi connectivity index (χ0v) is 12.0. The van der Waals surface area contributed by atoms with Crippen molar-refractivity contribution in [3.8, 4) is 0 Å². The molecule has 112 valence electrons. The Labute approximate surface area is 126 Å². The van der Waals surface area contributed by atoms with Gasteiger partial charge in [0.25, 0.3) is 0 Å². The van der Waals surface area contributed by atoms with E-state index < -0.39 is 6.04 Å². The molecule has 1 unspecified atom stereocenters. The number of halogens is 2. The van der Waals surface area contributed by atoms with Crippen LogP contribution in [0.25, 0.3) is 0 Å². The first-order valence-corrected chi connectivity index (χ1v) is 6.94. The van der Waals surface area contributed by atoms with Crippen LogP contribution in [-0.4, -0.2) is 16.6 Å². The van der Waals surface area contributed by atoms with E-state index in [0.717, 1.165) is 5.56 Å². The Morgan fingerprint density at radius 3 is 2.45 bits per heavy atom. The van der Waals surface area contributed by atoms with Crippen molar-refractivity contribution in [1.29, 1.82) is 0 Å². The molecule has 22 heavy (non-hydrogen) atoms. The van der Waals surface area contributed by atoms with Crippen LogP contribution in [0.15, 0.2) is 53.6 Å². The fourth-order valence-corrected chi connectivity index (χ4v) is 2.60. The van der Waals surface area contributed by atoms with Gasteiger partial charge in [0.05, 0.1) is 11.8 Å². The average molecular weight is 300 g/mol. The number of benzene rings is 2. The Morgan fingerprint density at radius 2 is 1.82 bits per heavy atom. The zero-order chi connectivity index (χ0) is 15.7. The summed E-state index contributed by atoms with van der Waals surface area (Å²) in [4.78, 5) is 11.8. The molecule has 2 aromatic carbocycles. The number of carbonyl (C=O) groups is 1. The van der Waals surface area contributed by atoms with Crippen LogP contribution in [0, 0.1) is 11.6 Å². The van der Waals surface area contributed by atoms with Crippen LogP contribution < -0.4 is 0 Å². The third-order valence-corrected chi connectivity index (χ3v) is 3.67. The van der Waals surface area contributed by atoms with E-state index in [4.69, 9.17) is 0 Å². The number of amides is 1. The fourth-order valence-electron chi connectivity index (χ4n) is 2.60. The highest BCUT2D eigenvalue weighted by Gasteiger charge is 2.32. The van der Waals surface area contributed by atoms with Gasteiger partial charge in [0.2, 0.25) is 5.91 Å². The van der Waals surface area contributed by atoms with Crippen molar-refractivity contribution in [1.82, 2.24) is 5.01 Å². The lowest BCUT2D eigenvalue weighted by Gasteiger charge is -2.20. The predicted octanol–water partition coefficient (Wildman–Crippen LogP) is 3.66. The molecule has 0 radical (unpaired) electrons. The number of hydrogen-bond acceptors (Lipinski definition) is 2. The monoisotopic (exact) mass is 300 g/mol. The summed E-state index contributed by atoms with van der Waals surface area (Å²) in [6.07, 6.45) is 0.395. The minimum atomic E-state index is -0.473. The standard InChI is InChI=1S/C17H14F2N2O/c1-11(22)21-17(14-4-2-3-5-15(14)19)10-16(20-21)12-6-8-13(18)9-7-12/h2-9,17H,10H2,1H3. The second-order valence-electron chi connectivity index (χ2n) is 5.16. The quantitative estimate of drug-likeness (QED) is 0.833. The highest BCUT2D eigenvalue weighted by Crippen LogP contribution is 2.33. The van der Waals surface area contributed by atoms with Gasteiger partial charge >= 0.3 is 0 Å². The number of hydrazone groups is 1. The lowest BCUT2D eigenvalue weighted by atomic mass is 9.98. The second-order valence-corrected chi connectivity index (χ2v) is 5.16. The van der Waals surface area contributed by atoms with Gasteiger partial charge in [0.15, 0.2) is 0 Å². The number of hydrogen-bond donors (Lipinski definition) is 0. The molecule has 1 amide bonds. The van der Waals surface area contributed by atoms with Gasteiger partial charge in [0.1, 0.15) is 11.6 Å². The maximum absolute atomic E-state index is 14.0. The van der Waals surface area contributed by atoms with E-state index in [1.165, 1.54) is 30.1 Å². The highest BCUT2D eigenvalue weighted by atomic mass is 19.1. The van der Waals surface area contributed by atoms with Crippen LogP contribution in [0.2, 0.25) is 0 Å². The lowest BCUT2D eigenvalue weighted by molar-refractivity contribution is -0.130. The van der Waals surface area contributed by atoms with E-state index >= 15 is 0 Å². The van der Waals surface area contributed by atoms with Gasteiger partial charge in [-0.2, -0.15) is 5.10 Å². The van der Waals surface area contributed by atoms with E-state index in [0.29, 0.717) is 17.7 Å². The smallest absolute Gasteiger partial charge is 0.240 e. The molecule has 1 heterocycles. The van der Waals surface area contributed by atoms with E-state index in [2.05, 4.69) is 5.10 Å². The molecule has 0 aliphatic carbocycles. The molecule has 5 heteroatoms. The van der Waals surface area contributed by atoms with E-state index in [-0.39, 0.29) is 17.5 Å². The summed E-state index contributed by atoms with van der Waals surface area (Å²) in [5.74, 6) is -0.962. The molecule has 0 fully saturated rings. The summed E-state index contributed by atoms with van der Waals surface area (Å²) < 4.78 is 27.0. The number of carbonyl (C=O) groups excluding carboxylic acids is 1. The molecule has 2 aromatic rings. The molecule has 0 bridgehead atoms. The maximum Gasteiger partial charge on any atom is 0.240 e. The Balaban J connectivity index is 1.96. The summed E-state index contributed by atoms with van der Waals surface area (Å²) in [6.45, 7) is 1.39. The van der Waals surface area contributed by atoms with Gasteiger partial charge in [-0.15, -0.1) is 0 Å². The molecular weight excluding hydrogens is 286 g/mol. The van der Waals surface area contributed by atoms with Gasteiger partial charge in [-0.25, -0.2) is 13.8 Å². The zero-order valence-electron chi connectivity index (χ0n) is 12.0. The van der Waals surface area contributed by atoms with Crippen LogP contribution >= 0.6 is 0 Å². The third-order valence-electron chi connectivity index (χ3n) is 3.67. The molecular formula is C17H14F2N2O. The first-order chi connectivity index (χ1) is 10.6. The number of rotatable bonds is 2. The Bertz CT molecular complexity index is 741. The van der Waals surface area contributed by atoms with Crippen molar-refractivity contribution in [2.24, 2.45) is 5.10 Å². The third kappa shape index (κ3) is 2.62. The summed E-state index contributed by atoms with van der Waals surface area (Å²) in [7, 11) is 0. The molecule has 1 atom stereocenters. The molecule has 0 saturated heterocycles. The van der Waals surface area contributed by atoms with Gasteiger partial charge in [0, 0.05) is 18.9 Å². The summed E-state index contributed by atoms with van der Waals surface area (Å²) >= 11 is 0. The van der Waals surface area contributed by atoms with Crippen molar-refractivity contribution in [2.45, 2.75) is 19.4 Å². The van der Waals surface area contributed by atoms with Gasteiger partial charge in [-0.3, -0.25) is 4.79 Å². The molecule has 3 nitrogen and oxygen atoms in total. The predicted molar refractivity (Wildman–Crippen MR) is 79.2 cm³/mol. The molecule has 0 aromatic heterocycles. The van der Waals surface area contributed by atoms with E-state index in [1.54, 1.807) is 30.3 Å². The van der Waals surface area contributed by atoms with Crippen molar-refractivity contribution >= 4 is 11.6 Å². The van der Waals surface area contributed by atoms with Crippen molar-refractivity contribution in [3.63, 3.8) is 0 Å². The highest BCUT2D eigenvalue weighted by molar-refractivity contribution is 6.03. The molecule has 0 N–H and O–H groups in total. The SMILES string of the molecule is CC(=O)N1N=C(c2ccc(F)cc2)CC1c1ccccc1F. The Hall–Kier alpha value is -2.56. The summed E-state index contributed by atoms with van der Waals surface area (Å²) in [6, 6.07) is 11.8. The van der Waals surface area contributed by atoms with Gasteiger partial charge in [-0.05, 0) is 23.8 Å². The van der Waals surface area contributed by atoms with Crippen molar-refractivity contribution < 1.29 is 13.6 Å². The van der Waals surface area contributed by atoms with Crippen molar-refractivity contribution in [3.05, 3.63) is 71.3 Å². The van der Waals surface area contributed by atoms with E-state index in [9.17, 15) is 13.6 Å². The topological polar surface area (TPSA) is 32.7 Å². The first-order valence-electron chi connectivity index (χ1n) is 6.94. The van der Waals surface area contributed by atoms with E-state index in [1.807, 2.05) is 0 Å². The molecule has 0 spiro atoms. The molecule has 1 aliphatic rings. The average Bonchev–Trinajstić information content (AvgIpc) is 2.93. The second kappa shape index (κ2) is 5.67. The first kappa shape index (κ1) is 14.4. The van der Waals surface area contributed by atoms with Gasteiger partial charge in [-0.1, -0.05) is 30.3 Å². The Morgan fingerprint density at radius 1 is 1.14 bits per heavy atom. The van der Waals surface area contributed by atoms with Crippen LogP contribution in [0.1, 0.15) is 30.5 Å². The van der Waals surface area contributed by atoms with Crippen molar-refractivity contribution in [2.75, 3.05) is 0 Å². The molecule has 3 rings (SSSR count). The largest absolute Gasteiger partial charge is 0.273 e. The fraction of sp³-hybridized carbons (Fsp3) is 0.176.